The van der Waals surface area contributed by atoms with Crippen molar-refractivity contribution in [1.82, 2.24) is 9.78 Å². The second-order valence-electron chi connectivity index (χ2n) is 6.07. The van der Waals surface area contributed by atoms with Crippen molar-refractivity contribution in [1.29, 1.82) is 0 Å². The lowest BCUT2D eigenvalue weighted by molar-refractivity contribution is -0.148. The van der Waals surface area contributed by atoms with Gasteiger partial charge in [-0.15, -0.1) is 0 Å². The predicted octanol–water partition coefficient (Wildman–Crippen LogP) is 3.02. The van der Waals surface area contributed by atoms with Gasteiger partial charge in [-0.3, -0.25) is 9.48 Å². The zero-order chi connectivity index (χ0) is 20.0. The van der Waals surface area contributed by atoms with Crippen LogP contribution in [0.3, 0.4) is 0 Å². The van der Waals surface area contributed by atoms with Crippen LogP contribution in [0.4, 0.5) is 5.69 Å². The van der Waals surface area contributed by atoms with E-state index in [1.807, 2.05) is 38.1 Å². The highest BCUT2D eigenvalue weighted by atomic mass is 16.5. The molecule has 1 heterocycles. The van der Waals surface area contributed by atoms with Crippen LogP contribution in [0.1, 0.15) is 30.8 Å². The van der Waals surface area contributed by atoms with E-state index in [9.17, 15) is 9.59 Å². The first-order valence-electron chi connectivity index (χ1n) is 8.74. The number of aromatic nitrogens is 2. The van der Waals surface area contributed by atoms with Crippen molar-refractivity contribution in [2.45, 2.75) is 33.8 Å². The third-order valence-corrected chi connectivity index (χ3v) is 4.02. The molecule has 2 rings (SSSR count). The van der Waals surface area contributed by atoms with Gasteiger partial charge in [0.1, 0.15) is 5.75 Å². The first kappa shape index (κ1) is 20.2. The van der Waals surface area contributed by atoms with Crippen LogP contribution in [0.25, 0.3) is 6.08 Å². The highest BCUT2D eigenvalue weighted by Crippen LogP contribution is 2.19. The molecule has 1 atom stereocenters. The largest absolute Gasteiger partial charge is 0.494 e. The highest BCUT2D eigenvalue weighted by molar-refractivity contribution is 5.97. The number of rotatable bonds is 7. The summed E-state index contributed by atoms with van der Waals surface area (Å²) in [4.78, 5) is 24.2. The second-order valence-corrected chi connectivity index (χ2v) is 6.07. The second kappa shape index (κ2) is 9.02. The van der Waals surface area contributed by atoms with Gasteiger partial charge in [-0.1, -0.05) is 12.1 Å². The summed E-state index contributed by atoms with van der Waals surface area (Å²) in [7, 11) is 1.80. The SMILES string of the molecule is CCOc1ccc(/C=C/C(=O)O[C@H](C)C(=O)Nc2c(C)nn(C)c2C)cc1. The van der Waals surface area contributed by atoms with Gasteiger partial charge in [0, 0.05) is 13.1 Å². The Morgan fingerprint density at radius 1 is 1.26 bits per heavy atom. The van der Waals surface area contributed by atoms with Gasteiger partial charge in [0.2, 0.25) is 0 Å². The molecular formula is C20H25N3O4. The summed E-state index contributed by atoms with van der Waals surface area (Å²) in [6.45, 7) is 7.70. The molecule has 0 aliphatic heterocycles. The lowest BCUT2D eigenvalue weighted by Crippen LogP contribution is -2.29. The number of carbonyl (C=O) groups is 2. The fourth-order valence-electron chi connectivity index (χ4n) is 2.45. The van der Waals surface area contributed by atoms with E-state index in [-0.39, 0.29) is 0 Å². The molecule has 7 nitrogen and oxygen atoms in total. The Morgan fingerprint density at radius 2 is 1.93 bits per heavy atom. The molecule has 0 unspecified atom stereocenters. The Balaban J connectivity index is 1.91. The molecule has 0 bridgehead atoms. The van der Waals surface area contributed by atoms with E-state index in [2.05, 4.69) is 10.4 Å². The lowest BCUT2D eigenvalue weighted by Gasteiger charge is -2.12. The van der Waals surface area contributed by atoms with Crippen molar-refractivity contribution in [3.8, 4) is 5.75 Å². The smallest absolute Gasteiger partial charge is 0.331 e. The number of amides is 1. The van der Waals surface area contributed by atoms with Crippen LogP contribution in [-0.4, -0.2) is 34.4 Å². The van der Waals surface area contributed by atoms with Crippen molar-refractivity contribution in [2.24, 2.45) is 7.05 Å². The number of ether oxygens (including phenoxy) is 2. The van der Waals surface area contributed by atoms with Crippen molar-refractivity contribution >= 4 is 23.6 Å². The van der Waals surface area contributed by atoms with E-state index in [0.717, 1.165) is 17.0 Å². The number of carbonyl (C=O) groups excluding carboxylic acids is 2. The van der Waals surface area contributed by atoms with Crippen LogP contribution in [-0.2, 0) is 21.4 Å². The number of aryl methyl sites for hydroxylation is 2. The standard InChI is InChI=1S/C20H25N3O4/c1-6-26-17-10-7-16(8-11-17)9-12-18(24)27-15(4)20(25)21-19-13(2)22-23(5)14(19)3/h7-12,15H,6H2,1-5H3,(H,21,25)/b12-9+/t15-/m1/s1. The Labute approximate surface area is 159 Å². The molecular weight excluding hydrogens is 346 g/mol. The molecule has 0 spiro atoms. The number of nitrogens with one attached hydrogen (secondary N) is 1. The fraction of sp³-hybridized carbons (Fsp3) is 0.350. The molecule has 144 valence electrons. The molecule has 1 amide bonds. The van der Waals surface area contributed by atoms with Crippen LogP contribution in [0.5, 0.6) is 5.75 Å². The Morgan fingerprint density at radius 3 is 2.48 bits per heavy atom. The molecule has 1 N–H and O–H groups in total. The maximum absolute atomic E-state index is 12.3. The third kappa shape index (κ3) is 5.44. The van der Waals surface area contributed by atoms with E-state index in [1.165, 1.54) is 13.0 Å². The van der Waals surface area contributed by atoms with Gasteiger partial charge >= 0.3 is 5.97 Å². The zero-order valence-corrected chi connectivity index (χ0v) is 16.3. The quantitative estimate of drug-likeness (QED) is 0.598. The molecule has 7 heteroatoms. The van der Waals surface area contributed by atoms with Crippen molar-refractivity contribution in [3.63, 3.8) is 0 Å². The van der Waals surface area contributed by atoms with Gasteiger partial charge in [-0.2, -0.15) is 5.10 Å². The van der Waals surface area contributed by atoms with E-state index >= 15 is 0 Å². The molecule has 0 saturated heterocycles. The molecule has 2 aromatic rings. The van der Waals surface area contributed by atoms with Crippen LogP contribution in [0.15, 0.2) is 30.3 Å². The number of nitrogens with zero attached hydrogens (tertiary/aromatic N) is 2. The molecule has 1 aromatic heterocycles. The molecule has 0 aliphatic rings. The van der Waals surface area contributed by atoms with Gasteiger partial charge in [-0.25, -0.2) is 4.79 Å². The number of esters is 1. The number of hydrogen-bond donors (Lipinski definition) is 1. The summed E-state index contributed by atoms with van der Waals surface area (Å²) >= 11 is 0. The van der Waals surface area contributed by atoms with Crippen LogP contribution in [0, 0.1) is 13.8 Å². The van der Waals surface area contributed by atoms with Gasteiger partial charge in [-0.05, 0) is 51.5 Å². The molecule has 27 heavy (non-hydrogen) atoms. The van der Waals surface area contributed by atoms with Crippen LogP contribution >= 0.6 is 0 Å². The van der Waals surface area contributed by atoms with E-state index in [0.29, 0.717) is 18.0 Å². The lowest BCUT2D eigenvalue weighted by atomic mass is 10.2. The predicted molar refractivity (Wildman–Crippen MR) is 104 cm³/mol. The van der Waals surface area contributed by atoms with Gasteiger partial charge in [0.05, 0.1) is 23.7 Å². The van der Waals surface area contributed by atoms with Gasteiger partial charge in [0.15, 0.2) is 6.10 Å². The van der Waals surface area contributed by atoms with Gasteiger partial charge < -0.3 is 14.8 Å². The van der Waals surface area contributed by atoms with Crippen molar-refractivity contribution in [3.05, 3.63) is 47.3 Å². The molecule has 0 fully saturated rings. The first-order valence-corrected chi connectivity index (χ1v) is 8.74. The van der Waals surface area contributed by atoms with E-state index in [1.54, 1.807) is 24.7 Å². The number of anilines is 1. The zero-order valence-electron chi connectivity index (χ0n) is 16.3. The summed E-state index contributed by atoms with van der Waals surface area (Å²) in [5, 5.41) is 7.00. The average molecular weight is 371 g/mol. The summed E-state index contributed by atoms with van der Waals surface area (Å²) in [5.74, 6) is -0.230. The minimum atomic E-state index is -0.929. The fourth-order valence-corrected chi connectivity index (χ4v) is 2.45. The molecule has 0 saturated carbocycles. The summed E-state index contributed by atoms with van der Waals surface area (Å²) in [6, 6.07) is 7.31. The van der Waals surface area contributed by atoms with Crippen molar-refractivity contribution in [2.75, 3.05) is 11.9 Å². The van der Waals surface area contributed by atoms with Crippen molar-refractivity contribution < 1.29 is 19.1 Å². The summed E-state index contributed by atoms with van der Waals surface area (Å²) in [6.07, 6.45) is 1.99. The Bertz CT molecular complexity index is 838. The van der Waals surface area contributed by atoms with E-state index < -0.39 is 18.0 Å². The molecule has 0 aliphatic carbocycles. The average Bonchev–Trinajstić information content (AvgIpc) is 2.87. The summed E-state index contributed by atoms with van der Waals surface area (Å²) in [5.41, 5.74) is 3.00. The number of hydrogen-bond acceptors (Lipinski definition) is 5. The normalized spacial score (nSPS) is 12.0. The van der Waals surface area contributed by atoms with Crippen LogP contribution in [0.2, 0.25) is 0 Å². The third-order valence-electron chi connectivity index (χ3n) is 4.02. The Kier molecular flexibility index (Phi) is 6.76. The minimum absolute atomic E-state index is 0.406. The highest BCUT2D eigenvalue weighted by Gasteiger charge is 2.20. The van der Waals surface area contributed by atoms with Crippen LogP contribution < -0.4 is 10.1 Å². The topological polar surface area (TPSA) is 82.4 Å². The maximum Gasteiger partial charge on any atom is 0.331 e. The maximum atomic E-state index is 12.3. The number of benzene rings is 1. The molecule has 1 aromatic carbocycles. The first-order chi connectivity index (χ1) is 12.8. The summed E-state index contributed by atoms with van der Waals surface area (Å²) < 4.78 is 12.2. The van der Waals surface area contributed by atoms with Gasteiger partial charge in [0.25, 0.3) is 5.91 Å². The monoisotopic (exact) mass is 371 g/mol. The Hall–Kier alpha value is -3.09. The van der Waals surface area contributed by atoms with E-state index in [4.69, 9.17) is 9.47 Å². The minimum Gasteiger partial charge on any atom is -0.494 e. The molecule has 0 radical (unpaired) electrons.